The summed E-state index contributed by atoms with van der Waals surface area (Å²) in [4.78, 5) is 20.2. The van der Waals surface area contributed by atoms with E-state index in [4.69, 9.17) is 15.9 Å². The first-order chi connectivity index (χ1) is 7.90. The van der Waals surface area contributed by atoms with Gasteiger partial charge in [0.05, 0.1) is 12.9 Å². The molecule has 0 heterocycles. The van der Waals surface area contributed by atoms with E-state index in [9.17, 15) is 9.59 Å². The standard InChI is InChI=1S/C4H9NO2S.C3H7NO2S.CH4O.CH4.ClH.H2O/c1-7-4(6)3(5)2-8;4-2(1-7)3(5)6;1-2;;;/h3,8H,2,5H2,1H3;2,7H,1,4H2,(H,5,6);2H,1H3;1H4;1H;1H2/p+1/t3-;2-;;;;/m00..../s1. The van der Waals surface area contributed by atoms with Gasteiger partial charge in [-0.1, -0.05) is 7.43 Å². The van der Waals surface area contributed by atoms with Gasteiger partial charge in [-0.15, -0.1) is 12.4 Å². The van der Waals surface area contributed by atoms with Crippen molar-refractivity contribution in [2.24, 2.45) is 5.73 Å². The molecule has 2 atom stereocenters. The highest BCUT2D eigenvalue weighted by atomic mass is 35.5. The smallest absolute Gasteiger partial charge is 0.365 e. The monoisotopic (exact) mass is 359 g/mol. The lowest BCUT2D eigenvalue weighted by molar-refractivity contribution is -0.400. The number of hydrogen-bond donors (Lipinski definition) is 6. The van der Waals surface area contributed by atoms with Gasteiger partial charge >= 0.3 is 11.9 Å². The molecule has 0 aromatic heterocycles. The summed E-state index contributed by atoms with van der Waals surface area (Å²) in [5.74, 6) is -0.683. The molecular weight excluding hydrogens is 332 g/mol. The Balaban J connectivity index is -0.0000000385. The molecule has 0 radical (unpaired) electrons. The lowest BCUT2D eigenvalue weighted by atomic mass is 10.4. The Morgan fingerprint density at radius 3 is 1.70 bits per heavy atom. The van der Waals surface area contributed by atoms with Crippen molar-refractivity contribution >= 4 is 49.6 Å². The Morgan fingerprint density at radius 2 is 1.65 bits per heavy atom. The minimum atomic E-state index is -1.00. The normalized spacial score (nSPS) is 10.2. The van der Waals surface area contributed by atoms with Crippen molar-refractivity contribution in [1.82, 2.24) is 0 Å². The van der Waals surface area contributed by atoms with Crippen LogP contribution in [0, 0.1) is 0 Å². The zero-order valence-corrected chi connectivity index (χ0v) is 13.4. The van der Waals surface area contributed by atoms with E-state index in [0.29, 0.717) is 5.75 Å². The van der Waals surface area contributed by atoms with Crippen LogP contribution >= 0.6 is 37.7 Å². The van der Waals surface area contributed by atoms with Crippen LogP contribution in [0.25, 0.3) is 0 Å². The van der Waals surface area contributed by atoms with Crippen LogP contribution in [0.1, 0.15) is 7.43 Å². The van der Waals surface area contributed by atoms with E-state index in [2.05, 4.69) is 35.7 Å². The molecule has 0 saturated carbocycles. The first-order valence-electron chi connectivity index (χ1n) is 4.46. The summed E-state index contributed by atoms with van der Waals surface area (Å²) in [5.41, 5.74) is 8.42. The molecule has 0 saturated heterocycles. The predicted molar refractivity (Wildman–Crippen MR) is 87.7 cm³/mol. The molecule has 0 aromatic carbocycles. The SMILES string of the molecule is C.CO.COC(=O)[C@@H]([NH3+])CS.Cl.N[C@@H](CS)C(=O)O.O. The fourth-order valence-corrected chi connectivity index (χ4v) is 0.625. The number of ether oxygens (including phenoxy) is 1. The lowest BCUT2D eigenvalue weighted by Crippen LogP contribution is -2.66. The number of rotatable bonds is 4. The zero-order valence-electron chi connectivity index (χ0n) is 10.8. The number of methoxy groups -OCH3 is 1. The first-order valence-corrected chi connectivity index (χ1v) is 5.72. The third-order valence-corrected chi connectivity index (χ3v) is 2.10. The van der Waals surface area contributed by atoms with Crippen molar-refractivity contribution in [3.05, 3.63) is 0 Å². The minimum Gasteiger partial charge on any atom is -0.480 e. The van der Waals surface area contributed by atoms with E-state index in [1.807, 2.05) is 0 Å². The van der Waals surface area contributed by atoms with E-state index in [1.54, 1.807) is 0 Å². The molecule has 11 heteroatoms. The fraction of sp³-hybridized carbons (Fsp3) is 0.778. The number of aliphatic hydroxyl groups is 1. The summed E-state index contributed by atoms with van der Waals surface area (Å²) in [6.45, 7) is 0. The quantitative estimate of drug-likeness (QED) is 0.247. The Hall–Kier alpha value is -0.230. The van der Waals surface area contributed by atoms with Crippen LogP contribution in [0.5, 0.6) is 0 Å². The molecule has 128 valence electrons. The number of halogens is 1. The van der Waals surface area contributed by atoms with Gasteiger partial charge in [-0.05, 0) is 0 Å². The summed E-state index contributed by atoms with van der Waals surface area (Å²) < 4.78 is 4.35. The maximum absolute atomic E-state index is 10.4. The number of thiol groups is 2. The van der Waals surface area contributed by atoms with Crippen molar-refractivity contribution in [3.8, 4) is 0 Å². The van der Waals surface area contributed by atoms with Crippen molar-refractivity contribution in [2.75, 3.05) is 25.7 Å². The van der Waals surface area contributed by atoms with Gasteiger partial charge in [-0.25, -0.2) is 4.79 Å². The van der Waals surface area contributed by atoms with Crippen LogP contribution in [-0.4, -0.2) is 65.4 Å². The van der Waals surface area contributed by atoms with E-state index in [0.717, 1.165) is 7.11 Å². The summed E-state index contributed by atoms with van der Waals surface area (Å²) >= 11 is 7.49. The van der Waals surface area contributed by atoms with Crippen LogP contribution in [0.4, 0.5) is 0 Å². The molecule has 0 aliphatic carbocycles. The predicted octanol–water partition coefficient (Wildman–Crippen LogP) is -2.13. The second-order valence-electron chi connectivity index (χ2n) is 2.53. The van der Waals surface area contributed by atoms with Crippen molar-refractivity contribution < 1.29 is 35.7 Å². The molecule has 0 unspecified atom stereocenters. The zero-order chi connectivity index (χ0) is 14.4. The molecular formula is C9H28ClN2O6S2+. The third-order valence-electron chi connectivity index (χ3n) is 1.27. The second kappa shape index (κ2) is 27.2. The van der Waals surface area contributed by atoms with Crippen molar-refractivity contribution in [2.45, 2.75) is 19.5 Å². The summed E-state index contributed by atoms with van der Waals surface area (Å²) in [7, 11) is 2.34. The molecule has 0 aromatic rings. The second-order valence-corrected chi connectivity index (χ2v) is 3.26. The number of aliphatic carboxylic acids is 1. The molecule has 0 rings (SSSR count). The number of hydrogen-bond acceptors (Lipinski definition) is 7. The van der Waals surface area contributed by atoms with Gasteiger partial charge in [-0.3, -0.25) is 4.79 Å². The average Bonchev–Trinajstić information content (AvgIpc) is 2.38. The highest BCUT2D eigenvalue weighted by Crippen LogP contribution is 1.82. The number of carbonyl (C=O) groups excluding carboxylic acids is 1. The summed E-state index contributed by atoms with van der Waals surface area (Å²) in [5, 5.41) is 15.0. The number of esters is 1. The summed E-state index contributed by atoms with van der Waals surface area (Å²) in [6, 6.07) is -1.15. The third kappa shape index (κ3) is 26.4. The lowest BCUT2D eigenvalue weighted by Gasteiger charge is -1.99. The molecule has 9 N–H and O–H groups in total. The van der Waals surface area contributed by atoms with Gasteiger partial charge in [0.2, 0.25) is 0 Å². The Morgan fingerprint density at radius 1 is 1.30 bits per heavy atom. The Labute approximate surface area is 136 Å². The number of carbonyl (C=O) groups is 2. The van der Waals surface area contributed by atoms with Crippen LogP contribution < -0.4 is 11.5 Å². The van der Waals surface area contributed by atoms with Crippen LogP contribution in [0.15, 0.2) is 0 Å². The van der Waals surface area contributed by atoms with E-state index < -0.39 is 12.0 Å². The first kappa shape index (κ1) is 36.7. The van der Waals surface area contributed by atoms with Crippen molar-refractivity contribution in [1.29, 1.82) is 0 Å². The average molecular weight is 360 g/mol. The van der Waals surface area contributed by atoms with E-state index in [-0.39, 0.29) is 43.1 Å². The van der Waals surface area contributed by atoms with Crippen LogP contribution in [0.3, 0.4) is 0 Å². The van der Waals surface area contributed by atoms with Crippen LogP contribution in [0.2, 0.25) is 0 Å². The highest BCUT2D eigenvalue weighted by molar-refractivity contribution is 7.80. The molecule has 0 amide bonds. The highest BCUT2D eigenvalue weighted by Gasteiger charge is 2.13. The van der Waals surface area contributed by atoms with Gasteiger partial charge < -0.3 is 31.9 Å². The largest absolute Gasteiger partial charge is 0.480 e. The number of nitrogens with two attached hydrogens (primary N) is 1. The Kier molecular flexibility index (Phi) is 49.9. The molecule has 20 heavy (non-hydrogen) atoms. The number of aliphatic hydroxyl groups excluding tert-OH is 1. The van der Waals surface area contributed by atoms with Gasteiger partial charge in [0.1, 0.15) is 6.04 Å². The van der Waals surface area contributed by atoms with Gasteiger partial charge in [0, 0.05) is 12.9 Å². The number of quaternary nitrogens is 1. The van der Waals surface area contributed by atoms with Crippen molar-refractivity contribution in [3.63, 3.8) is 0 Å². The molecule has 8 nitrogen and oxygen atoms in total. The topological polar surface area (TPSA) is 169 Å². The summed E-state index contributed by atoms with van der Waals surface area (Å²) in [6.07, 6.45) is 0. The van der Waals surface area contributed by atoms with E-state index in [1.165, 1.54) is 7.11 Å². The number of carboxylic acids is 1. The maximum atomic E-state index is 10.4. The van der Waals surface area contributed by atoms with Gasteiger partial charge in [-0.2, -0.15) is 25.3 Å². The van der Waals surface area contributed by atoms with Gasteiger partial charge in [0.25, 0.3) is 0 Å². The fourth-order valence-electron chi connectivity index (χ4n) is 0.319. The minimum absolute atomic E-state index is 0. The molecule has 0 spiro atoms. The molecule has 0 fully saturated rings. The molecule has 0 bridgehead atoms. The van der Waals surface area contributed by atoms with E-state index >= 15 is 0 Å². The maximum Gasteiger partial charge on any atom is 0.365 e. The van der Waals surface area contributed by atoms with Crippen LogP contribution in [-0.2, 0) is 14.3 Å². The molecule has 0 aliphatic heterocycles. The molecule has 0 aliphatic rings. The van der Waals surface area contributed by atoms with Gasteiger partial charge in [0.15, 0.2) is 6.04 Å². The number of carboxylic acid groups (broad SMARTS) is 1. The Bertz CT molecular complexity index is 215.